The van der Waals surface area contributed by atoms with Crippen molar-refractivity contribution < 1.29 is 40.2 Å². The van der Waals surface area contributed by atoms with Crippen molar-refractivity contribution in [2.24, 2.45) is 11.8 Å². The summed E-state index contributed by atoms with van der Waals surface area (Å²) in [7, 11) is 0. The van der Waals surface area contributed by atoms with Gasteiger partial charge in [0, 0.05) is 31.1 Å². The van der Waals surface area contributed by atoms with Gasteiger partial charge >= 0.3 is 0 Å². The van der Waals surface area contributed by atoms with Gasteiger partial charge in [0.25, 0.3) is 0 Å². The largest absolute Gasteiger partial charge is 0.508 e. The standard InChI is InChI=1S/C18H26O8/c1-8(2)3-11(21)15-12(22)5-10(20)6-13(15)26-14-4-9(7-19)16(23)18(25)17(14)24/h5-6,8-9,14,16-20,22-25H,3-4,7H2,1-2H3/t9?,14-,16-,17?,18?/m1/s1. The topological polar surface area (TPSA) is 148 Å². The molecule has 1 saturated carbocycles. The molecule has 0 heterocycles. The minimum Gasteiger partial charge on any atom is -0.508 e. The molecule has 0 saturated heterocycles. The van der Waals surface area contributed by atoms with E-state index in [1.807, 2.05) is 13.8 Å². The number of phenols is 2. The van der Waals surface area contributed by atoms with E-state index in [2.05, 4.69) is 0 Å². The Balaban J connectivity index is 2.34. The quantitative estimate of drug-likeness (QED) is 0.388. The molecule has 2 rings (SSSR count). The number of carbonyl (C=O) groups excluding carboxylic acids is 1. The van der Waals surface area contributed by atoms with E-state index in [0.717, 1.165) is 12.1 Å². The third-order valence-electron chi connectivity index (χ3n) is 4.55. The van der Waals surface area contributed by atoms with Crippen molar-refractivity contribution in [3.8, 4) is 17.2 Å². The molecule has 0 radical (unpaired) electrons. The van der Waals surface area contributed by atoms with Crippen LogP contribution in [0.1, 0.15) is 37.0 Å². The van der Waals surface area contributed by atoms with Crippen LogP contribution in [-0.4, -0.2) is 67.4 Å². The zero-order valence-corrected chi connectivity index (χ0v) is 14.7. The highest BCUT2D eigenvalue weighted by Crippen LogP contribution is 2.37. The predicted molar refractivity (Wildman–Crippen MR) is 91.2 cm³/mol. The summed E-state index contributed by atoms with van der Waals surface area (Å²) in [5.74, 6) is -1.99. The van der Waals surface area contributed by atoms with Crippen LogP contribution in [0.4, 0.5) is 0 Å². The van der Waals surface area contributed by atoms with Crippen molar-refractivity contribution in [1.82, 2.24) is 0 Å². The van der Waals surface area contributed by atoms with Crippen LogP contribution in [0, 0.1) is 11.8 Å². The lowest BCUT2D eigenvalue weighted by molar-refractivity contribution is -0.157. The Morgan fingerprint density at radius 1 is 1.15 bits per heavy atom. The number of aromatic hydroxyl groups is 2. The molecule has 0 aliphatic heterocycles. The normalized spacial score (nSPS) is 29.0. The van der Waals surface area contributed by atoms with Gasteiger partial charge in [-0.1, -0.05) is 13.8 Å². The van der Waals surface area contributed by atoms with Crippen LogP contribution in [0.3, 0.4) is 0 Å². The van der Waals surface area contributed by atoms with Crippen molar-refractivity contribution in [2.45, 2.75) is 51.1 Å². The third-order valence-corrected chi connectivity index (χ3v) is 4.55. The van der Waals surface area contributed by atoms with Crippen LogP contribution in [0.25, 0.3) is 0 Å². The molecule has 1 aromatic rings. The van der Waals surface area contributed by atoms with Gasteiger partial charge < -0.3 is 35.4 Å². The first-order chi connectivity index (χ1) is 12.1. The number of ether oxygens (including phenoxy) is 1. The SMILES string of the molecule is CC(C)CC(=O)c1c(O)cc(O)cc1O[C@@H]1CC(CO)[C@@H](O)C(O)C1O. The van der Waals surface area contributed by atoms with E-state index in [4.69, 9.17) is 4.74 Å². The molecule has 1 fully saturated rings. The van der Waals surface area contributed by atoms with E-state index in [-0.39, 0.29) is 35.8 Å². The zero-order chi connectivity index (χ0) is 19.6. The van der Waals surface area contributed by atoms with Gasteiger partial charge in [0.1, 0.15) is 41.1 Å². The summed E-state index contributed by atoms with van der Waals surface area (Å²) in [4.78, 5) is 12.5. The summed E-state index contributed by atoms with van der Waals surface area (Å²) in [5.41, 5.74) is -0.120. The van der Waals surface area contributed by atoms with E-state index in [9.17, 15) is 35.4 Å². The van der Waals surface area contributed by atoms with Crippen LogP contribution in [-0.2, 0) is 0 Å². The lowest BCUT2D eigenvalue weighted by atomic mass is 9.81. The maximum Gasteiger partial charge on any atom is 0.170 e. The highest BCUT2D eigenvalue weighted by Gasteiger charge is 2.44. The first kappa shape index (κ1) is 20.4. The molecule has 8 nitrogen and oxygen atoms in total. The summed E-state index contributed by atoms with van der Waals surface area (Å²) >= 11 is 0. The van der Waals surface area contributed by atoms with E-state index < -0.39 is 48.5 Å². The molecule has 0 aromatic heterocycles. The summed E-state index contributed by atoms with van der Waals surface area (Å²) < 4.78 is 5.64. The number of ketones is 1. The maximum atomic E-state index is 12.5. The Labute approximate surface area is 151 Å². The van der Waals surface area contributed by atoms with Gasteiger partial charge in [0.2, 0.25) is 0 Å². The van der Waals surface area contributed by atoms with Gasteiger partial charge in [-0.3, -0.25) is 4.79 Å². The molecule has 1 aliphatic carbocycles. The Hall–Kier alpha value is -1.87. The zero-order valence-electron chi connectivity index (χ0n) is 14.7. The second kappa shape index (κ2) is 8.22. The number of hydrogen-bond acceptors (Lipinski definition) is 8. The van der Waals surface area contributed by atoms with Crippen molar-refractivity contribution in [2.75, 3.05) is 6.61 Å². The third kappa shape index (κ3) is 4.27. The Bertz CT molecular complexity index is 642. The molecule has 1 aliphatic rings. The average molecular weight is 370 g/mol. The fourth-order valence-corrected chi connectivity index (χ4v) is 3.17. The highest BCUT2D eigenvalue weighted by molar-refractivity contribution is 6.01. The van der Waals surface area contributed by atoms with Crippen molar-refractivity contribution in [1.29, 1.82) is 0 Å². The molecule has 5 atom stereocenters. The molecule has 6 N–H and O–H groups in total. The van der Waals surface area contributed by atoms with E-state index in [1.54, 1.807) is 0 Å². The number of carbonyl (C=O) groups is 1. The molecule has 26 heavy (non-hydrogen) atoms. The molecule has 1 aromatic carbocycles. The second-order valence-electron chi connectivity index (χ2n) is 7.17. The fraction of sp³-hybridized carbons (Fsp3) is 0.611. The molecule has 3 unspecified atom stereocenters. The van der Waals surface area contributed by atoms with Crippen molar-refractivity contribution >= 4 is 5.78 Å². The van der Waals surface area contributed by atoms with Crippen LogP contribution < -0.4 is 4.74 Å². The number of hydrogen-bond donors (Lipinski definition) is 6. The molecule has 8 heteroatoms. The van der Waals surface area contributed by atoms with Gasteiger partial charge in [-0.2, -0.15) is 0 Å². The lowest BCUT2D eigenvalue weighted by Gasteiger charge is -2.39. The number of aliphatic hydroxyl groups excluding tert-OH is 4. The number of rotatable bonds is 6. The summed E-state index contributed by atoms with van der Waals surface area (Å²) in [6.45, 7) is 3.25. The van der Waals surface area contributed by atoms with Gasteiger partial charge in [-0.15, -0.1) is 0 Å². The summed E-state index contributed by atoms with van der Waals surface area (Å²) in [6.07, 6.45) is -5.20. The predicted octanol–water partition coefficient (Wildman–Crippen LogP) is 0.169. The molecule has 0 amide bonds. The van der Waals surface area contributed by atoms with Crippen molar-refractivity contribution in [3.05, 3.63) is 17.7 Å². The van der Waals surface area contributed by atoms with Crippen LogP contribution >= 0.6 is 0 Å². The first-order valence-corrected chi connectivity index (χ1v) is 8.56. The molecule has 146 valence electrons. The van der Waals surface area contributed by atoms with E-state index >= 15 is 0 Å². The smallest absolute Gasteiger partial charge is 0.170 e. The van der Waals surface area contributed by atoms with Gasteiger partial charge in [-0.05, 0) is 12.3 Å². The minimum atomic E-state index is -1.54. The second-order valence-corrected chi connectivity index (χ2v) is 7.17. The molecule has 0 spiro atoms. The molecular formula is C18H26O8. The maximum absolute atomic E-state index is 12.5. The number of aliphatic hydroxyl groups is 4. The van der Waals surface area contributed by atoms with Crippen molar-refractivity contribution in [3.63, 3.8) is 0 Å². The van der Waals surface area contributed by atoms with Crippen LogP contribution in [0.5, 0.6) is 17.2 Å². The molecular weight excluding hydrogens is 344 g/mol. The number of Topliss-reactive ketones (excluding diaryl/α,β-unsaturated/α-hetero) is 1. The van der Waals surface area contributed by atoms with Crippen LogP contribution in [0.2, 0.25) is 0 Å². The van der Waals surface area contributed by atoms with Gasteiger partial charge in [0.05, 0.1) is 6.10 Å². The highest BCUT2D eigenvalue weighted by atomic mass is 16.5. The summed E-state index contributed by atoms with van der Waals surface area (Å²) in [5, 5.41) is 59.1. The Kier molecular flexibility index (Phi) is 6.46. The number of benzene rings is 1. The van der Waals surface area contributed by atoms with Gasteiger partial charge in [-0.25, -0.2) is 0 Å². The van der Waals surface area contributed by atoms with E-state index in [1.165, 1.54) is 0 Å². The van der Waals surface area contributed by atoms with Gasteiger partial charge in [0.15, 0.2) is 5.78 Å². The lowest BCUT2D eigenvalue weighted by Crippen LogP contribution is -2.56. The van der Waals surface area contributed by atoms with Crippen LogP contribution in [0.15, 0.2) is 12.1 Å². The first-order valence-electron chi connectivity index (χ1n) is 8.56. The fourth-order valence-electron chi connectivity index (χ4n) is 3.17. The summed E-state index contributed by atoms with van der Waals surface area (Å²) in [6, 6.07) is 2.16. The Morgan fingerprint density at radius 3 is 2.38 bits per heavy atom. The average Bonchev–Trinajstić information content (AvgIpc) is 2.54. The molecule has 0 bridgehead atoms. The Morgan fingerprint density at radius 2 is 1.81 bits per heavy atom. The minimum absolute atomic E-state index is 0.0180. The number of phenolic OH excluding ortho intramolecular Hbond substituents is 2. The monoisotopic (exact) mass is 370 g/mol. The van der Waals surface area contributed by atoms with E-state index in [0.29, 0.717) is 0 Å².